The fourth-order valence-electron chi connectivity index (χ4n) is 8.01. The van der Waals surface area contributed by atoms with Gasteiger partial charge in [0.05, 0.1) is 19.8 Å². The maximum atomic E-state index is 12.9. The van der Waals surface area contributed by atoms with E-state index in [1.54, 1.807) is 0 Å². The molecule has 0 aliphatic carbocycles. The normalized spacial score (nSPS) is 14.0. The van der Waals surface area contributed by atoms with E-state index in [0.29, 0.717) is 19.3 Å². The van der Waals surface area contributed by atoms with Crippen molar-refractivity contribution in [1.82, 2.24) is 0 Å². The van der Waals surface area contributed by atoms with Crippen LogP contribution in [0.2, 0.25) is 0 Å². The topological polar surface area (TPSA) is 155 Å². The fourth-order valence-corrected chi connectivity index (χ4v) is 8.79. The van der Waals surface area contributed by atoms with Crippen molar-refractivity contribution in [2.75, 3.05) is 26.4 Å². The van der Waals surface area contributed by atoms with Gasteiger partial charge in [-0.05, 0) is 83.5 Å². The van der Waals surface area contributed by atoms with Crippen LogP contribution in [0.25, 0.3) is 0 Å². The minimum absolute atomic E-state index is 0.0510. The van der Waals surface area contributed by atoms with Gasteiger partial charge in [-0.1, -0.05) is 246 Å². The van der Waals surface area contributed by atoms with Crippen molar-refractivity contribution in [2.45, 2.75) is 264 Å². The zero-order chi connectivity index (χ0) is 55.5. The molecule has 0 heterocycles. The van der Waals surface area contributed by atoms with Crippen molar-refractivity contribution in [3.8, 4) is 0 Å². The van der Waals surface area contributed by atoms with Gasteiger partial charge in [0.2, 0.25) is 0 Å². The van der Waals surface area contributed by atoms with Gasteiger partial charge in [0.25, 0.3) is 0 Å². The molecule has 0 saturated carbocycles. The first-order valence-electron chi connectivity index (χ1n) is 30.1. The second-order valence-electron chi connectivity index (χ2n) is 19.8. The average Bonchev–Trinajstić information content (AvgIpc) is 3.41. The van der Waals surface area contributed by atoms with E-state index in [1.807, 2.05) is 12.2 Å². The SMILES string of the molecule is CC/C=C\C/C=C\C/C=C\C/C=C\CCCCCCC(=O)OC(COC(=O)CCCCCCCCCCCCCCCCCCCCC)COP(=O)(O)OCC(CO)OC(=O)CC/C=C\C/C=C\C/C=C\C/C=C\CC. The molecule has 0 aliphatic rings. The first kappa shape index (κ1) is 72.4. The highest BCUT2D eigenvalue weighted by molar-refractivity contribution is 7.47. The van der Waals surface area contributed by atoms with E-state index in [-0.39, 0.29) is 25.9 Å². The van der Waals surface area contributed by atoms with Crippen LogP contribution in [-0.4, -0.2) is 66.5 Å². The lowest BCUT2D eigenvalue weighted by molar-refractivity contribution is -0.161. The predicted molar refractivity (Wildman–Crippen MR) is 316 cm³/mol. The molecule has 0 amide bonds. The summed E-state index contributed by atoms with van der Waals surface area (Å²) in [6.07, 6.45) is 68.2. The van der Waals surface area contributed by atoms with E-state index >= 15 is 0 Å². The number of rotatable bonds is 55. The highest BCUT2D eigenvalue weighted by Crippen LogP contribution is 2.43. The summed E-state index contributed by atoms with van der Waals surface area (Å²) in [5.74, 6) is -1.58. The van der Waals surface area contributed by atoms with Gasteiger partial charge in [-0.3, -0.25) is 23.4 Å². The van der Waals surface area contributed by atoms with E-state index in [4.69, 9.17) is 23.3 Å². The molecule has 0 aromatic carbocycles. The second-order valence-corrected chi connectivity index (χ2v) is 21.2. The summed E-state index contributed by atoms with van der Waals surface area (Å²) in [6, 6.07) is 0. The van der Waals surface area contributed by atoms with E-state index < -0.39 is 57.8 Å². The summed E-state index contributed by atoms with van der Waals surface area (Å²) in [7, 11) is -4.78. The van der Waals surface area contributed by atoms with Gasteiger partial charge in [0, 0.05) is 19.3 Å². The molecule has 436 valence electrons. The van der Waals surface area contributed by atoms with Gasteiger partial charge in [-0.2, -0.15) is 0 Å². The lowest BCUT2D eigenvalue weighted by atomic mass is 10.0. The number of allylic oxidation sites excluding steroid dienone is 16. The highest BCUT2D eigenvalue weighted by Gasteiger charge is 2.28. The van der Waals surface area contributed by atoms with Crippen LogP contribution in [-0.2, 0) is 42.2 Å². The third-order valence-electron chi connectivity index (χ3n) is 12.5. The summed E-state index contributed by atoms with van der Waals surface area (Å²) >= 11 is 0. The molecule has 3 unspecified atom stereocenters. The monoisotopic (exact) mass is 1080 g/mol. The van der Waals surface area contributed by atoms with Crippen molar-refractivity contribution in [1.29, 1.82) is 0 Å². The van der Waals surface area contributed by atoms with Crippen molar-refractivity contribution < 1.29 is 52.2 Å². The van der Waals surface area contributed by atoms with Gasteiger partial charge < -0.3 is 24.2 Å². The number of aliphatic hydroxyl groups excluding tert-OH is 1. The van der Waals surface area contributed by atoms with Crippen LogP contribution in [0.15, 0.2) is 97.2 Å². The molecule has 0 aromatic rings. The van der Waals surface area contributed by atoms with Crippen LogP contribution >= 0.6 is 7.82 Å². The standard InChI is InChI=1S/C64H109O11P/c1-4-7-10-13-16-19-22-25-27-29-30-32-33-36-38-41-44-47-50-53-62(66)71-57-61(75-64(68)55-52-49-46-43-40-37-34-31-28-26-23-20-17-14-11-8-5-2)59-73-76(69,70)72-58-60(56-65)74-63(67)54-51-48-45-42-39-35-24-21-18-15-12-9-6-3/h8-9,11-12,17-18,20-21,26,28,34-35,37,39,45,48,60-61,65H,4-7,10,13-16,19,22-25,27,29-33,36,38,40-44,46-47,49-59H2,1-3H3,(H,69,70)/b11-8-,12-9-,20-17-,21-18-,28-26-,37-34-,39-35-,48-45-. The molecule has 2 N–H and O–H groups in total. The third kappa shape index (κ3) is 55.2. The molecule has 0 radical (unpaired) electrons. The van der Waals surface area contributed by atoms with Gasteiger partial charge in [0.1, 0.15) is 12.7 Å². The third-order valence-corrected chi connectivity index (χ3v) is 13.5. The number of aliphatic hydroxyl groups is 1. The molecule has 0 saturated heterocycles. The van der Waals surface area contributed by atoms with Gasteiger partial charge in [-0.25, -0.2) is 4.57 Å². The smallest absolute Gasteiger partial charge is 0.462 e. The number of hydrogen-bond donors (Lipinski definition) is 2. The molecular weight excluding hydrogens is 976 g/mol. The molecule has 11 nitrogen and oxygen atoms in total. The van der Waals surface area contributed by atoms with Crippen molar-refractivity contribution in [3.05, 3.63) is 97.2 Å². The maximum Gasteiger partial charge on any atom is 0.472 e. The second kappa shape index (κ2) is 57.6. The summed E-state index contributed by atoms with van der Waals surface area (Å²) in [6.45, 7) is 4.32. The number of phosphoric acid groups is 1. The average molecular weight is 1090 g/mol. The Morgan fingerprint density at radius 2 is 0.711 bits per heavy atom. The van der Waals surface area contributed by atoms with Crippen LogP contribution in [0.4, 0.5) is 0 Å². The number of unbranched alkanes of at least 4 members (excludes halogenated alkanes) is 22. The Morgan fingerprint density at radius 3 is 1.13 bits per heavy atom. The molecular formula is C64H109O11P. The Hall–Kier alpha value is -3.60. The minimum atomic E-state index is -4.78. The first-order chi connectivity index (χ1) is 37.2. The Labute approximate surface area is 463 Å². The molecule has 12 heteroatoms. The van der Waals surface area contributed by atoms with Gasteiger partial charge in [0.15, 0.2) is 6.10 Å². The summed E-state index contributed by atoms with van der Waals surface area (Å²) in [4.78, 5) is 48.6. The lowest BCUT2D eigenvalue weighted by Crippen LogP contribution is -2.30. The van der Waals surface area contributed by atoms with Crippen molar-refractivity contribution in [2.24, 2.45) is 0 Å². The molecule has 0 fully saturated rings. The van der Waals surface area contributed by atoms with Gasteiger partial charge >= 0.3 is 25.7 Å². The largest absolute Gasteiger partial charge is 0.472 e. The predicted octanol–water partition coefficient (Wildman–Crippen LogP) is 18.0. The summed E-state index contributed by atoms with van der Waals surface area (Å²) < 4.78 is 39.5. The van der Waals surface area contributed by atoms with Crippen molar-refractivity contribution >= 4 is 25.7 Å². The Bertz CT molecular complexity index is 1640. The number of phosphoric ester groups is 1. The molecule has 3 atom stereocenters. The molecule has 0 aromatic heterocycles. The maximum absolute atomic E-state index is 12.9. The zero-order valence-electron chi connectivity index (χ0n) is 48.2. The van der Waals surface area contributed by atoms with Crippen LogP contribution in [0, 0.1) is 0 Å². The molecule has 0 bridgehead atoms. The van der Waals surface area contributed by atoms with Crippen LogP contribution in [0.1, 0.15) is 252 Å². The van der Waals surface area contributed by atoms with E-state index in [1.165, 1.54) is 96.3 Å². The fraction of sp³-hybridized carbons (Fsp3) is 0.703. The Kier molecular flexibility index (Phi) is 54.8. The zero-order valence-corrected chi connectivity index (χ0v) is 49.1. The minimum Gasteiger partial charge on any atom is -0.462 e. The quantitative estimate of drug-likeness (QED) is 0.0197. The van der Waals surface area contributed by atoms with Crippen LogP contribution < -0.4 is 0 Å². The molecule has 0 spiro atoms. The highest BCUT2D eigenvalue weighted by atomic mass is 31.2. The van der Waals surface area contributed by atoms with Crippen LogP contribution in [0.5, 0.6) is 0 Å². The number of hydrogen-bond acceptors (Lipinski definition) is 10. The summed E-state index contributed by atoms with van der Waals surface area (Å²) in [5, 5.41) is 9.80. The molecule has 76 heavy (non-hydrogen) atoms. The molecule has 0 aliphatic heterocycles. The first-order valence-corrected chi connectivity index (χ1v) is 31.6. The number of ether oxygens (including phenoxy) is 3. The Balaban J connectivity index is 4.79. The molecule has 0 rings (SSSR count). The lowest BCUT2D eigenvalue weighted by Gasteiger charge is -2.21. The summed E-state index contributed by atoms with van der Waals surface area (Å²) in [5.41, 5.74) is 0. The van der Waals surface area contributed by atoms with E-state index in [9.17, 15) is 28.9 Å². The van der Waals surface area contributed by atoms with E-state index in [2.05, 4.69) is 106 Å². The Morgan fingerprint density at radius 1 is 0.382 bits per heavy atom. The van der Waals surface area contributed by atoms with E-state index in [0.717, 1.165) is 96.3 Å². The van der Waals surface area contributed by atoms with Gasteiger partial charge in [-0.15, -0.1) is 0 Å². The number of carbonyl (C=O) groups excluding carboxylic acids is 3. The van der Waals surface area contributed by atoms with Crippen LogP contribution in [0.3, 0.4) is 0 Å². The number of carbonyl (C=O) groups is 3. The van der Waals surface area contributed by atoms with Crippen molar-refractivity contribution in [3.63, 3.8) is 0 Å². The number of esters is 3.